The van der Waals surface area contributed by atoms with E-state index < -0.39 is 5.97 Å². The number of hydrogen-bond donors (Lipinski definition) is 1. The fraction of sp³-hybridized carbons (Fsp3) is 0.609. The van der Waals surface area contributed by atoms with Crippen LogP contribution in [0.25, 0.3) is 5.69 Å². The highest BCUT2D eigenvalue weighted by Crippen LogP contribution is 2.34. The second kappa shape index (κ2) is 8.76. The number of likely N-dealkylation sites (N-methyl/N-ethyl adjacent to an activating group) is 1. The van der Waals surface area contributed by atoms with E-state index in [0.717, 1.165) is 69.5 Å². The maximum Gasteiger partial charge on any atom is 0.350 e. The van der Waals surface area contributed by atoms with E-state index in [1.54, 1.807) is 4.68 Å². The first-order valence-corrected chi connectivity index (χ1v) is 11.1. The van der Waals surface area contributed by atoms with Crippen molar-refractivity contribution >= 4 is 5.97 Å². The topological polar surface area (TPSA) is 80.4 Å². The molecule has 30 heavy (non-hydrogen) atoms. The fourth-order valence-electron chi connectivity index (χ4n) is 5.04. The van der Waals surface area contributed by atoms with Crippen LogP contribution in [0.15, 0.2) is 23.0 Å². The van der Waals surface area contributed by atoms with Gasteiger partial charge < -0.3 is 10.0 Å². The molecule has 162 valence electrons. The minimum absolute atomic E-state index is 0.0628. The molecule has 7 heteroatoms. The summed E-state index contributed by atoms with van der Waals surface area (Å²) < 4.78 is 3.41. The first-order chi connectivity index (χ1) is 14.4. The monoisotopic (exact) mass is 412 g/mol. The van der Waals surface area contributed by atoms with Crippen molar-refractivity contribution < 1.29 is 9.90 Å². The molecule has 0 radical (unpaired) electrons. The van der Waals surface area contributed by atoms with Gasteiger partial charge in [0.25, 0.3) is 0 Å². The van der Waals surface area contributed by atoms with Crippen molar-refractivity contribution in [1.82, 2.24) is 19.2 Å². The summed E-state index contributed by atoms with van der Waals surface area (Å²) >= 11 is 0. The molecule has 0 bridgehead atoms. The second-order valence-corrected chi connectivity index (χ2v) is 8.97. The number of hydrogen-bond acceptors (Lipinski definition) is 4. The van der Waals surface area contributed by atoms with Crippen molar-refractivity contribution in [2.75, 3.05) is 20.1 Å². The SMILES string of the molecule is Cc1nn(-c2ccc3c(c2)CCN(C)CC3)c(=O)n1[C@H]1CC[C@H](CCC(=O)O)CC1. The minimum atomic E-state index is -0.724. The number of aryl methyl sites for hydroxylation is 1. The van der Waals surface area contributed by atoms with E-state index in [1.165, 1.54) is 11.1 Å². The lowest BCUT2D eigenvalue weighted by atomic mass is 9.83. The molecule has 1 aliphatic heterocycles. The van der Waals surface area contributed by atoms with Crippen LogP contribution in [-0.2, 0) is 17.6 Å². The molecule has 1 N–H and O–H groups in total. The van der Waals surface area contributed by atoms with Crippen LogP contribution in [0.3, 0.4) is 0 Å². The number of carboxylic acid groups (broad SMARTS) is 1. The zero-order chi connectivity index (χ0) is 21.3. The molecule has 1 aromatic carbocycles. The van der Waals surface area contributed by atoms with Crippen molar-refractivity contribution in [1.29, 1.82) is 0 Å². The first kappa shape index (κ1) is 20.8. The molecule has 4 rings (SSSR count). The standard InChI is InChI=1S/C23H32N4O3/c1-16-24-27(21-9-6-18-11-13-25(2)14-12-19(18)15-21)23(30)26(16)20-7-3-17(4-8-20)5-10-22(28)29/h6,9,15,17,20H,3-5,7-8,10-14H2,1-2H3,(H,28,29)/t17-,20-. The Bertz CT molecular complexity index is 969. The van der Waals surface area contributed by atoms with Gasteiger partial charge >= 0.3 is 11.7 Å². The van der Waals surface area contributed by atoms with Crippen LogP contribution in [0.2, 0.25) is 0 Å². The molecule has 0 unspecified atom stereocenters. The Hall–Kier alpha value is -2.41. The van der Waals surface area contributed by atoms with Gasteiger partial charge in [-0.25, -0.2) is 4.79 Å². The minimum Gasteiger partial charge on any atom is -0.481 e. The predicted octanol–water partition coefficient (Wildman–Crippen LogP) is 2.97. The van der Waals surface area contributed by atoms with Crippen LogP contribution in [0.1, 0.15) is 61.5 Å². The molecule has 2 aliphatic rings. The molecular weight excluding hydrogens is 380 g/mol. The second-order valence-electron chi connectivity index (χ2n) is 8.97. The van der Waals surface area contributed by atoms with Crippen LogP contribution >= 0.6 is 0 Å². The highest BCUT2D eigenvalue weighted by molar-refractivity contribution is 5.66. The van der Waals surface area contributed by atoms with E-state index in [9.17, 15) is 9.59 Å². The Morgan fingerprint density at radius 1 is 1.13 bits per heavy atom. The van der Waals surface area contributed by atoms with Crippen molar-refractivity contribution in [2.45, 2.75) is 64.3 Å². The number of carboxylic acids is 1. The van der Waals surface area contributed by atoms with Crippen molar-refractivity contribution in [3.63, 3.8) is 0 Å². The predicted molar refractivity (Wildman–Crippen MR) is 115 cm³/mol. The summed E-state index contributed by atoms with van der Waals surface area (Å²) in [6.45, 7) is 4.01. The highest BCUT2D eigenvalue weighted by atomic mass is 16.4. The number of aromatic nitrogens is 3. The summed E-state index contributed by atoms with van der Waals surface area (Å²) in [6.07, 6.45) is 6.77. The van der Waals surface area contributed by atoms with Gasteiger partial charge in [-0.15, -0.1) is 0 Å². The average Bonchev–Trinajstić information content (AvgIpc) is 2.90. The molecule has 0 amide bonds. The maximum atomic E-state index is 13.3. The summed E-state index contributed by atoms with van der Waals surface area (Å²) in [4.78, 5) is 26.4. The number of carbonyl (C=O) groups is 1. The van der Waals surface area contributed by atoms with Crippen molar-refractivity contribution in [3.8, 4) is 5.69 Å². The number of rotatable bonds is 5. The van der Waals surface area contributed by atoms with Crippen LogP contribution in [-0.4, -0.2) is 50.5 Å². The molecular formula is C23H32N4O3. The molecule has 0 atom stereocenters. The Morgan fingerprint density at radius 3 is 2.53 bits per heavy atom. The average molecular weight is 413 g/mol. The summed E-state index contributed by atoms with van der Waals surface area (Å²) in [7, 11) is 2.15. The maximum absolute atomic E-state index is 13.3. The Morgan fingerprint density at radius 2 is 1.83 bits per heavy atom. The normalized spacial score (nSPS) is 22.5. The molecule has 2 aromatic rings. The Balaban J connectivity index is 1.52. The number of benzene rings is 1. The molecule has 1 fully saturated rings. The molecule has 2 heterocycles. The van der Waals surface area contributed by atoms with Crippen molar-refractivity contribution in [2.24, 2.45) is 5.92 Å². The summed E-state index contributed by atoms with van der Waals surface area (Å²) in [5.74, 6) is 0.479. The van der Waals surface area contributed by atoms with Crippen molar-refractivity contribution in [3.05, 3.63) is 45.6 Å². The highest BCUT2D eigenvalue weighted by Gasteiger charge is 2.26. The van der Waals surface area contributed by atoms with Crippen LogP contribution < -0.4 is 5.69 Å². The van der Waals surface area contributed by atoms with Gasteiger partial charge in [0, 0.05) is 25.6 Å². The van der Waals surface area contributed by atoms with E-state index in [4.69, 9.17) is 5.11 Å². The van der Waals surface area contributed by atoms with Gasteiger partial charge in [-0.2, -0.15) is 9.78 Å². The Kier molecular flexibility index (Phi) is 6.09. The zero-order valence-corrected chi connectivity index (χ0v) is 18.0. The van der Waals surface area contributed by atoms with E-state index >= 15 is 0 Å². The molecule has 7 nitrogen and oxygen atoms in total. The Labute approximate surface area is 177 Å². The fourth-order valence-corrected chi connectivity index (χ4v) is 5.04. The number of fused-ring (bicyclic) bond motifs is 1. The van der Waals surface area contributed by atoms with Crippen LogP contribution in [0.5, 0.6) is 0 Å². The molecule has 1 aliphatic carbocycles. The third kappa shape index (κ3) is 4.36. The lowest BCUT2D eigenvalue weighted by molar-refractivity contribution is -0.137. The smallest absolute Gasteiger partial charge is 0.350 e. The van der Waals surface area contributed by atoms with Gasteiger partial charge in [0.2, 0.25) is 0 Å². The zero-order valence-electron chi connectivity index (χ0n) is 18.0. The quantitative estimate of drug-likeness (QED) is 0.817. The van der Waals surface area contributed by atoms with Gasteiger partial charge in [-0.05, 0) is 88.1 Å². The van der Waals surface area contributed by atoms with Gasteiger partial charge in [0.1, 0.15) is 5.82 Å². The van der Waals surface area contributed by atoms with Gasteiger partial charge in [-0.3, -0.25) is 9.36 Å². The van der Waals surface area contributed by atoms with E-state index in [1.807, 2.05) is 17.6 Å². The van der Waals surface area contributed by atoms with Gasteiger partial charge in [0.05, 0.1) is 5.69 Å². The third-order valence-corrected chi connectivity index (χ3v) is 6.89. The number of aliphatic carboxylic acids is 1. The van der Waals surface area contributed by atoms with E-state index in [0.29, 0.717) is 5.92 Å². The number of nitrogens with zero attached hydrogens (tertiary/aromatic N) is 4. The van der Waals surface area contributed by atoms with Crippen LogP contribution in [0.4, 0.5) is 0 Å². The summed E-state index contributed by atoms with van der Waals surface area (Å²) in [5, 5.41) is 13.5. The lowest BCUT2D eigenvalue weighted by Crippen LogP contribution is -2.30. The molecule has 0 saturated heterocycles. The largest absolute Gasteiger partial charge is 0.481 e. The van der Waals surface area contributed by atoms with E-state index in [2.05, 4.69) is 29.2 Å². The van der Waals surface area contributed by atoms with E-state index in [-0.39, 0.29) is 18.2 Å². The lowest BCUT2D eigenvalue weighted by Gasteiger charge is -2.28. The molecule has 1 aromatic heterocycles. The summed E-state index contributed by atoms with van der Waals surface area (Å²) in [5.41, 5.74) is 3.47. The first-order valence-electron chi connectivity index (χ1n) is 11.1. The molecule has 1 saturated carbocycles. The summed E-state index contributed by atoms with van der Waals surface area (Å²) in [6, 6.07) is 6.46. The third-order valence-electron chi connectivity index (χ3n) is 6.89. The van der Waals surface area contributed by atoms with Crippen LogP contribution in [0, 0.1) is 12.8 Å². The van der Waals surface area contributed by atoms with Gasteiger partial charge in [0.15, 0.2) is 0 Å². The van der Waals surface area contributed by atoms with Gasteiger partial charge in [-0.1, -0.05) is 6.07 Å². The molecule has 0 spiro atoms.